The second kappa shape index (κ2) is 13.2. The fourth-order valence-electron chi connectivity index (χ4n) is 6.80. The van der Waals surface area contributed by atoms with Gasteiger partial charge >= 0.3 is 0 Å². The van der Waals surface area contributed by atoms with Gasteiger partial charge in [-0.3, -0.25) is 14.8 Å². The van der Waals surface area contributed by atoms with Crippen LogP contribution in [0, 0.1) is 33.6 Å². The van der Waals surface area contributed by atoms with Crippen LogP contribution in [0.5, 0.6) is 0 Å². The maximum atomic E-state index is 14.4. The summed E-state index contributed by atoms with van der Waals surface area (Å²) in [5.74, 6) is -1.40. The van der Waals surface area contributed by atoms with Gasteiger partial charge in [-0.05, 0) is 72.6 Å². The molecule has 1 saturated carbocycles. The Morgan fingerprint density at radius 1 is 1.04 bits per heavy atom. The first-order valence-corrected chi connectivity index (χ1v) is 16.1. The molecule has 0 spiro atoms. The number of aromatic nitrogens is 3. The Morgan fingerprint density at radius 3 is 2.45 bits per heavy atom. The minimum absolute atomic E-state index is 0.0909. The topological polar surface area (TPSA) is 94.0 Å². The van der Waals surface area contributed by atoms with Crippen LogP contribution in [0.2, 0.25) is 5.02 Å². The number of rotatable bonds is 8. The first-order chi connectivity index (χ1) is 22.4. The third kappa shape index (κ3) is 6.75. The first-order valence-electron chi connectivity index (χ1n) is 15.4. The van der Waals surface area contributed by atoms with Crippen LogP contribution in [0.4, 0.5) is 13.2 Å². The zero-order chi connectivity index (χ0) is 33.4. The number of aliphatic hydroxyl groups is 1. The molecule has 7 rings (SSSR count). The number of aliphatic imine (C=N–C) groups is 1. The van der Waals surface area contributed by atoms with Crippen LogP contribution in [0.3, 0.4) is 0 Å². The number of halogens is 4. The number of hydrogen-bond donors (Lipinski definition) is 3. The van der Waals surface area contributed by atoms with E-state index in [9.17, 15) is 18.3 Å². The van der Waals surface area contributed by atoms with E-state index in [0.29, 0.717) is 35.1 Å². The average molecular weight is 685 g/mol. The van der Waals surface area contributed by atoms with E-state index in [0.717, 1.165) is 36.5 Å². The van der Waals surface area contributed by atoms with Crippen molar-refractivity contribution in [3.8, 4) is 0 Å². The third-order valence-electron chi connectivity index (χ3n) is 9.66. The van der Waals surface area contributed by atoms with Gasteiger partial charge in [0.25, 0.3) is 0 Å². The highest BCUT2D eigenvalue weighted by atomic mass is 35.5. The lowest BCUT2D eigenvalue weighted by molar-refractivity contribution is -0.0909. The zero-order valence-corrected chi connectivity index (χ0v) is 27.5. The maximum Gasteiger partial charge on any atom is 0.215 e. The van der Waals surface area contributed by atoms with E-state index in [1.54, 1.807) is 40.6 Å². The molecule has 0 bridgehead atoms. The van der Waals surface area contributed by atoms with Gasteiger partial charge in [0.15, 0.2) is 0 Å². The molecule has 1 aliphatic carbocycles. The molecule has 3 aromatic carbocycles. The average Bonchev–Trinajstić information content (AvgIpc) is 3.26. The molecule has 1 saturated heterocycles. The van der Waals surface area contributed by atoms with Gasteiger partial charge in [0, 0.05) is 22.2 Å². The van der Waals surface area contributed by atoms with E-state index in [-0.39, 0.29) is 17.2 Å². The molecular weight excluding hydrogens is 649 g/mol. The molecule has 2 unspecified atom stereocenters. The quantitative estimate of drug-likeness (QED) is 0.138. The van der Waals surface area contributed by atoms with Crippen molar-refractivity contribution in [2.45, 2.75) is 57.0 Å². The number of ether oxygens (including phenoxy) is 1. The highest BCUT2D eigenvalue weighted by Gasteiger charge is 2.61. The van der Waals surface area contributed by atoms with Gasteiger partial charge in [-0.15, -0.1) is 0 Å². The molecule has 0 radical (unpaired) electrons. The maximum absolute atomic E-state index is 14.4. The number of hydrogen-bond acceptors (Lipinski definition) is 7. The van der Waals surface area contributed by atoms with Gasteiger partial charge in [-0.2, -0.15) is 5.01 Å². The van der Waals surface area contributed by atoms with Crippen LogP contribution in [-0.2, 0) is 23.3 Å². The summed E-state index contributed by atoms with van der Waals surface area (Å²) < 4.78 is 48.9. The normalized spacial score (nSPS) is 26.1. The number of epoxide rings is 1. The molecule has 1 aromatic heterocycles. The van der Waals surface area contributed by atoms with Crippen LogP contribution >= 0.6 is 23.8 Å². The fourth-order valence-corrected chi connectivity index (χ4v) is 7.20. The lowest BCUT2D eigenvalue weighted by Gasteiger charge is -2.41. The van der Waals surface area contributed by atoms with Gasteiger partial charge in [-0.25, -0.2) is 18.2 Å². The third-order valence-corrected chi connectivity index (χ3v) is 10.3. The van der Waals surface area contributed by atoms with E-state index in [1.807, 2.05) is 18.2 Å². The predicted molar refractivity (Wildman–Crippen MR) is 175 cm³/mol. The van der Waals surface area contributed by atoms with Crippen LogP contribution < -0.4 is 5.43 Å². The standard InChI is InChI=1S/C17H14ClF2N3O.C17H22FN3OS/c18-14-4-2-1-3-12(14)16-17(24-16,8-23-10-21-9-22-23)13-6-5-11(19)7-15(13)20;1-16(2)8-7-13(9-12-3-5-14(18)6-4-12)17(16,22)10-21-15(23)19-11-20-21/h1-7,9,16H,8,10H2,(H,21,22);3-6,11,13,22H,7-10H2,1-2H3,(H,19,20,23)/t;13-,17+/m.0/s1. The summed E-state index contributed by atoms with van der Waals surface area (Å²) in [4.78, 5) is 8.10. The molecule has 0 amide bonds. The number of nitrogens with one attached hydrogen (secondary N) is 2. The minimum Gasteiger partial charge on any atom is -0.387 e. The van der Waals surface area contributed by atoms with Gasteiger partial charge in [-0.1, -0.05) is 61.8 Å². The monoisotopic (exact) mass is 684 g/mol. The molecule has 3 aliphatic rings. The number of hydrazine groups is 1. The largest absolute Gasteiger partial charge is 0.387 e. The Hall–Kier alpha value is -3.55. The molecule has 13 heteroatoms. The summed E-state index contributed by atoms with van der Waals surface area (Å²) in [5.41, 5.74) is 3.04. The van der Waals surface area contributed by atoms with Gasteiger partial charge in [0.05, 0.1) is 25.0 Å². The summed E-state index contributed by atoms with van der Waals surface area (Å²) in [6.07, 6.45) is 5.30. The number of nitrogens with zero attached hydrogens (tertiary/aromatic N) is 4. The van der Waals surface area contributed by atoms with Crippen molar-refractivity contribution in [3.63, 3.8) is 0 Å². The van der Waals surface area contributed by atoms with Crippen LogP contribution in [0.1, 0.15) is 49.5 Å². The summed E-state index contributed by atoms with van der Waals surface area (Å²) in [6.45, 7) is 5.37. The molecule has 4 atom stereocenters. The number of aromatic amines is 1. The van der Waals surface area contributed by atoms with Crippen molar-refractivity contribution in [1.29, 1.82) is 0 Å². The molecule has 2 aliphatic heterocycles. The SMILES string of the molecule is CC1(C)CC[C@@H](Cc2ccc(F)cc2)[C@]1(O)Cn1[nH]cnc1=S.Fc1ccc(C2(CN3CN=CN3)OC2c2ccccc2Cl)c(F)c1. The predicted octanol–water partition coefficient (Wildman–Crippen LogP) is 6.88. The van der Waals surface area contributed by atoms with Crippen LogP contribution in [0.25, 0.3) is 0 Å². The van der Waals surface area contributed by atoms with Crippen molar-refractivity contribution in [1.82, 2.24) is 25.2 Å². The minimum atomic E-state index is -0.941. The number of H-pyrrole nitrogens is 1. The Kier molecular flexibility index (Phi) is 9.34. The molecule has 3 heterocycles. The Balaban J connectivity index is 0.000000165. The highest BCUT2D eigenvalue weighted by molar-refractivity contribution is 7.71. The Labute approximate surface area is 281 Å². The first kappa shape index (κ1) is 33.4. The van der Waals surface area contributed by atoms with E-state index in [1.165, 1.54) is 24.3 Å². The molecule has 4 aromatic rings. The highest BCUT2D eigenvalue weighted by Crippen LogP contribution is 2.59. The summed E-state index contributed by atoms with van der Waals surface area (Å²) in [6, 6.07) is 17.4. The van der Waals surface area contributed by atoms with Crippen molar-refractivity contribution in [2.75, 3.05) is 13.2 Å². The van der Waals surface area contributed by atoms with Crippen LogP contribution in [0.15, 0.2) is 78.0 Å². The van der Waals surface area contributed by atoms with Crippen molar-refractivity contribution in [3.05, 3.63) is 117 Å². The Morgan fingerprint density at radius 2 is 1.79 bits per heavy atom. The zero-order valence-electron chi connectivity index (χ0n) is 26.0. The van der Waals surface area contributed by atoms with Gasteiger partial charge in [0.1, 0.15) is 42.2 Å². The van der Waals surface area contributed by atoms with Crippen molar-refractivity contribution in [2.24, 2.45) is 16.3 Å². The molecule has 3 N–H and O–H groups in total. The Bertz CT molecular complexity index is 1810. The van der Waals surface area contributed by atoms with Gasteiger partial charge in [0.2, 0.25) is 4.77 Å². The van der Waals surface area contributed by atoms with Crippen molar-refractivity contribution >= 4 is 30.2 Å². The second-order valence-electron chi connectivity index (χ2n) is 12.9. The molecular formula is C34H36ClF3N6O2S. The molecule has 47 heavy (non-hydrogen) atoms. The second-order valence-corrected chi connectivity index (χ2v) is 13.7. The van der Waals surface area contributed by atoms with E-state index < -0.39 is 28.9 Å². The lowest BCUT2D eigenvalue weighted by atomic mass is 9.72. The van der Waals surface area contributed by atoms with E-state index in [2.05, 4.69) is 34.3 Å². The summed E-state index contributed by atoms with van der Waals surface area (Å²) in [7, 11) is 0. The molecule has 8 nitrogen and oxygen atoms in total. The van der Waals surface area contributed by atoms with Gasteiger partial charge < -0.3 is 15.3 Å². The van der Waals surface area contributed by atoms with Crippen molar-refractivity contribution < 1.29 is 23.0 Å². The lowest BCUT2D eigenvalue weighted by Crippen LogP contribution is -2.49. The summed E-state index contributed by atoms with van der Waals surface area (Å²) in [5, 5.41) is 16.8. The molecule has 248 valence electrons. The molecule has 2 fully saturated rings. The van der Waals surface area contributed by atoms with E-state index >= 15 is 0 Å². The van der Waals surface area contributed by atoms with E-state index in [4.69, 9.17) is 28.6 Å². The van der Waals surface area contributed by atoms with Crippen LogP contribution in [-0.4, -0.2) is 50.0 Å². The fraction of sp³-hybridized carbons (Fsp3) is 0.382. The number of benzene rings is 3. The summed E-state index contributed by atoms with van der Waals surface area (Å²) >= 11 is 11.5. The smallest absolute Gasteiger partial charge is 0.215 e.